The van der Waals surface area contributed by atoms with Crippen molar-refractivity contribution >= 4 is 0 Å². The summed E-state index contributed by atoms with van der Waals surface area (Å²) >= 11 is 0. The van der Waals surface area contributed by atoms with Crippen LogP contribution < -0.4 is 0 Å². The van der Waals surface area contributed by atoms with Gasteiger partial charge in [-0.2, -0.15) is 0 Å². The number of hydrogen-bond donors (Lipinski definition) is 0. The number of methoxy groups -OCH3 is 1. The Bertz CT molecular complexity index is 126. The Labute approximate surface area is 103 Å². The molecule has 0 saturated heterocycles. The molecule has 16 heavy (non-hydrogen) atoms. The van der Waals surface area contributed by atoms with Crippen LogP contribution in [0, 0.1) is 0 Å². The molecule has 0 atom stereocenters. The molecule has 0 saturated carbocycles. The van der Waals surface area contributed by atoms with E-state index in [0.717, 1.165) is 6.73 Å². The van der Waals surface area contributed by atoms with Crippen molar-refractivity contribution in [3.8, 4) is 0 Å². The highest BCUT2D eigenvalue weighted by molar-refractivity contribution is 4.45. The number of hydrogen-bond acceptors (Lipinski definition) is 1. The Hall–Kier alpha value is -0.0800. The highest BCUT2D eigenvalue weighted by atomic mass is 16.5. The first-order chi connectivity index (χ1) is 7.74. The van der Waals surface area contributed by atoms with Gasteiger partial charge in [0.15, 0.2) is 6.73 Å². The SMILES string of the molecule is CCCC[N+](CCCC)(CCCC)COC. The predicted octanol–water partition coefficient (Wildman–Crippen LogP) is 3.81. The quantitative estimate of drug-likeness (QED) is 0.387. The van der Waals surface area contributed by atoms with Gasteiger partial charge in [0.25, 0.3) is 0 Å². The zero-order valence-electron chi connectivity index (χ0n) is 11.9. The van der Waals surface area contributed by atoms with Crippen LogP contribution in [0.1, 0.15) is 59.3 Å². The molecule has 0 fully saturated rings. The van der Waals surface area contributed by atoms with Gasteiger partial charge in [-0.25, -0.2) is 0 Å². The van der Waals surface area contributed by atoms with E-state index in [0.29, 0.717) is 0 Å². The molecule has 0 aliphatic heterocycles. The van der Waals surface area contributed by atoms with Gasteiger partial charge in [-0.1, -0.05) is 40.0 Å². The van der Waals surface area contributed by atoms with Gasteiger partial charge >= 0.3 is 0 Å². The van der Waals surface area contributed by atoms with Crippen LogP contribution in [0.3, 0.4) is 0 Å². The number of nitrogens with zero attached hydrogens (tertiary/aromatic N) is 1. The van der Waals surface area contributed by atoms with Crippen molar-refractivity contribution in [2.45, 2.75) is 59.3 Å². The second-order valence-electron chi connectivity index (χ2n) is 4.99. The molecule has 98 valence electrons. The maximum Gasteiger partial charge on any atom is 0.182 e. The third kappa shape index (κ3) is 6.49. The Balaban J connectivity index is 4.32. The van der Waals surface area contributed by atoms with E-state index in [1.807, 2.05) is 7.11 Å². The van der Waals surface area contributed by atoms with Gasteiger partial charge in [0.05, 0.1) is 19.6 Å². The average Bonchev–Trinajstić information content (AvgIpc) is 2.31. The van der Waals surface area contributed by atoms with Crippen LogP contribution in [0.2, 0.25) is 0 Å². The molecule has 0 bridgehead atoms. The lowest BCUT2D eigenvalue weighted by Gasteiger charge is -2.38. The van der Waals surface area contributed by atoms with Gasteiger partial charge in [0, 0.05) is 7.11 Å². The van der Waals surface area contributed by atoms with Gasteiger partial charge in [-0.15, -0.1) is 0 Å². The van der Waals surface area contributed by atoms with Gasteiger partial charge in [-0.3, -0.25) is 0 Å². The van der Waals surface area contributed by atoms with Crippen LogP contribution >= 0.6 is 0 Å². The molecular weight excluding hydrogens is 198 g/mol. The fourth-order valence-corrected chi connectivity index (χ4v) is 2.28. The molecule has 0 aliphatic carbocycles. The summed E-state index contributed by atoms with van der Waals surface area (Å²) in [5.41, 5.74) is 0. The smallest absolute Gasteiger partial charge is 0.182 e. The molecule has 0 spiro atoms. The van der Waals surface area contributed by atoms with Crippen LogP contribution in [-0.2, 0) is 4.74 Å². The van der Waals surface area contributed by atoms with Crippen molar-refractivity contribution in [1.29, 1.82) is 0 Å². The third-order valence-corrected chi connectivity index (χ3v) is 3.36. The van der Waals surface area contributed by atoms with E-state index in [2.05, 4.69) is 20.8 Å². The summed E-state index contributed by atoms with van der Waals surface area (Å²) in [7, 11) is 1.84. The summed E-state index contributed by atoms with van der Waals surface area (Å²) in [6.45, 7) is 11.6. The highest BCUT2D eigenvalue weighted by Gasteiger charge is 2.25. The zero-order chi connectivity index (χ0) is 12.3. The lowest BCUT2D eigenvalue weighted by atomic mass is 10.2. The Morgan fingerprint density at radius 3 is 1.38 bits per heavy atom. The largest absolute Gasteiger partial charge is 0.335 e. The fourth-order valence-electron chi connectivity index (χ4n) is 2.28. The van der Waals surface area contributed by atoms with Crippen molar-refractivity contribution in [2.24, 2.45) is 0 Å². The van der Waals surface area contributed by atoms with E-state index in [-0.39, 0.29) is 0 Å². The summed E-state index contributed by atoms with van der Waals surface area (Å²) in [4.78, 5) is 0. The van der Waals surface area contributed by atoms with Gasteiger partial charge in [0.2, 0.25) is 0 Å². The first-order valence-corrected chi connectivity index (χ1v) is 7.08. The second-order valence-corrected chi connectivity index (χ2v) is 4.99. The standard InChI is InChI=1S/C14H32NO/c1-5-8-11-15(14-16-4,12-9-6-2)13-10-7-3/h5-14H2,1-4H3/q+1. The van der Waals surface area contributed by atoms with E-state index < -0.39 is 0 Å². The van der Waals surface area contributed by atoms with Crippen LogP contribution in [0.5, 0.6) is 0 Å². The van der Waals surface area contributed by atoms with Crippen LogP contribution in [0.4, 0.5) is 0 Å². The fraction of sp³-hybridized carbons (Fsp3) is 1.00. The molecule has 2 heteroatoms. The molecule has 0 aromatic heterocycles. The number of rotatable bonds is 11. The summed E-state index contributed by atoms with van der Waals surface area (Å²) in [5.74, 6) is 0. The van der Waals surface area contributed by atoms with Crippen molar-refractivity contribution in [3.63, 3.8) is 0 Å². The zero-order valence-corrected chi connectivity index (χ0v) is 11.9. The topological polar surface area (TPSA) is 9.23 Å². The predicted molar refractivity (Wildman–Crippen MR) is 71.5 cm³/mol. The monoisotopic (exact) mass is 230 g/mol. The Morgan fingerprint density at radius 2 is 1.12 bits per heavy atom. The van der Waals surface area contributed by atoms with E-state index in [1.54, 1.807) is 0 Å². The summed E-state index contributed by atoms with van der Waals surface area (Å²) < 4.78 is 6.66. The Morgan fingerprint density at radius 1 is 0.750 bits per heavy atom. The van der Waals surface area contributed by atoms with E-state index in [9.17, 15) is 0 Å². The molecule has 0 unspecified atom stereocenters. The first kappa shape index (κ1) is 15.9. The maximum atomic E-state index is 5.47. The number of ether oxygens (including phenoxy) is 1. The summed E-state index contributed by atoms with van der Waals surface area (Å²) in [6.07, 6.45) is 7.87. The minimum Gasteiger partial charge on any atom is -0.335 e. The molecule has 0 radical (unpaired) electrons. The van der Waals surface area contributed by atoms with Crippen molar-refractivity contribution < 1.29 is 9.22 Å². The molecular formula is C14H32NO+. The minimum atomic E-state index is 0.903. The lowest BCUT2D eigenvalue weighted by Crippen LogP contribution is -2.51. The van der Waals surface area contributed by atoms with Gasteiger partial charge in [-0.05, 0) is 19.3 Å². The number of quaternary nitrogens is 1. The van der Waals surface area contributed by atoms with E-state index >= 15 is 0 Å². The molecule has 0 heterocycles. The molecule has 2 nitrogen and oxygen atoms in total. The van der Waals surface area contributed by atoms with Crippen LogP contribution in [0.25, 0.3) is 0 Å². The van der Waals surface area contributed by atoms with Crippen LogP contribution in [0.15, 0.2) is 0 Å². The molecule has 0 aliphatic rings. The lowest BCUT2D eigenvalue weighted by molar-refractivity contribution is -0.946. The maximum absolute atomic E-state index is 5.47. The normalized spacial score (nSPS) is 12.0. The first-order valence-electron chi connectivity index (χ1n) is 7.08. The molecule has 0 rings (SSSR count). The van der Waals surface area contributed by atoms with Crippen LogP contribution in [-0.4, -0.2) is 38.0 Å². The average molecular weight is 230 g/mol. The summed E-state index contributed by atoms with van der Waals surface area (Å²) in [6, 6.07) is 0. The molecule has 0 aromatic carbocycles. The van der Waals surface area contributed by atoms with Crippen molar-refractivity contribution in [3.05, 3.63) is 0 Å². The number of unbranched alkanes of at least 4 members (excludes halogenated alkanes) is 3. The minimum absolute atomic E-state index is 0.903. The van der Waals surface area contributed by atoms with Gasteiger partial charge in [0.1, 0.15) is 0 Å². The molecule has 0 aromatic rings. The van der Waals surface area contributed by atoms with Crippen molar-refractivity contribution in [1.82, 2.24) is 0 Å². The third-order valence-electron chi connectivity index (χ3n) is 3.36. The van der Waals surface area contributed by atoms with Crippen molar-refractivity contribution in [2.75, 3.05) is 33.5 Å². The molecule has 0 amide bonds. The van der Waals surface area contributed by atoms with E-state index in [1.165, 1.54) is 62.6 Å². The summed E-state index contributed by atoms with van der Waals surface area (Å²) in [5, 5.41) is 0. The van der Waals surface area contributed by atoms with E-state index in [4.69, 9.17) is 4.74 Å². The second kappa shape index (κ2) is 10.1. The van der Waals surface area contributed by atoms with Gasteiger partial charge < -0.3 is 9.22 Å². The highest BCUT2D eigenvalue weighted by Crippen LogP contribution is 2.14. The molecule has 0 N–H and O–H groups in total. The Kier molecular flexibility index (Phi) is 10.0.